The molecule has 7 N–H and O–H groups in total. The molecule has 0 aliphatic carbocycles. The number of aryl methyl sites for hydroxylation is 2. The fourth-order valence-electron chi connectivity index (χ4n) is 8.97. The summed E-state index contributed by atoms with van der Waals surface area (Å²) in [5.41, 5.74) is 7.49. The number of amides is 4. The standard InChI is InChI=1S/C54H77N5O12S/c1-35(2)69-38(5)17-27-50(62)58-46-30-37(4)47(70-39(46)6)25-15-36(3)16-26-48-53(65)54(34-68-54)32-43(71-48)31-42(60)22-18-40-19-23-44(24-20-40)72(66,67)59-51(63)28-21-41-12-9-10-13-45(41)57-52(64)33-56-49(61)14-8-7-11-29-55/h9-10,12-13,15-17,19-20,23-24,26-27,35,37-39,43,46-48,53,65H,7-8,11,14,18,21-22,25,28-34,55H2,1-6H3,(H,56,61)(H,57,64)(H,58,62)(H,59,63)/b26-16+,27-17-,36-15+/t37-,38-,39+,43+,46+,47-,48+,53+,54+/m0/s1. The molecule has 0 unspecified atom stereocenters. The van der Waals surface area contributed by atoms with Gasteiger partial charge in [0.1, 0.15) is 23.6 Å². The van der Waals surface area contributed by atoms with Crippen LogP contribution in [-0.4, -0.2) is 117 Å². The molecule has 0 aromatic heterocycles. The van der Waals surface area contributed by atoms with Gasteiger partial charge in [-0.1, -0.05) is 73.6 Å². The highest BCUT2D eigenvalue weighted by Crippen LogP contribution is 2.43. The number of aliphatic hydroxyl groups is 1. The summed E-state index contributed by atoms with van der Waals surface area (Å²) >= 11 is 0. The molecule has 3 aliphatic rings. The maximum atomic E-state index is 13.3. The number of sulfonamides is 1. The molecule has 3 fully saturated rings. The number of unbranched alkanes of at least 4 members (excludes halogenated alkanes) is 2. The van der Waals surface area contributed by atoms with Crippen molar-refractivity contribution < 1.29 is 56.4 Å². The number of nitrogens with two attached hydrogens (primary N) is 1. The fourth-order valence-corrected chi connectivity index (χ4v) is 9.99. The number of rotatable bonds is 27. The number of anilines is 1. The first-order valence-electron chi connectivity index (χ1n) is 25.4. The van der Waals surface area contributed by atoms with E-state index in [1.165, 1.54) is 18.2 Å². The number of hydrogen-bond acceptors (Lipinski definition) is 13. The van der Waals surface area contributed by atoms with Crippen LogP contribution in [0.1, 0.15) is 117 Å². The van der Waals surface area contributed by atoms with Crippen LogP contribution in [0.5, 0.6) is 0 Å². The highest BCUT2D eigenvalue weighted by molar-refractivity contribution is 7.90. The summed E-state index contributed by atoms with van der Waals surface area (Å²) in [6, 6.07) is 12.7. The Hall–Kier alpha value is -5.08. The highest BCUT2D eigenvalue weighted by Gasteiger charge is 2.58. The minimum absolute atomic E-state index is 0.0343. The average Bonchev–Trinajstić information content (AvgIpc) is 4.11. The van der Waals surface area contributed by atoms with E-state index in [0.717, 1.165) is 30.4 Å². The maximum absolute atomic E-state index is 13.3. The summed E-state index contributed by atoms with van der Waals surface area (Å²) in [7, 11) is -4.20. The van der Waals surface area contributed by atoms with Gasteiger partial charge in [-0.25, -0.2) is 13.1 Å². The Balaban J connectivity index is 1.03. The number of ketones is 1. The summed E-state index contributed by atoms with van der Waals surface area (Å²) in [6.07, 6.45) is 11.9. The lowest BCUT2D eigenvalue weighted by Gasteiger charge is -2.39. The van der Waals surface area contributed by atoms with E-state index < -0.39 is 45.8 Å². The number of para-hydroxylation sites is 1. The second kappa shape index (κ2) is 27.8. The second-order valence-electron chi connectivity index (χ2n) is 19.7. The van der Waals surface area contributed by atoms with Gasteiger partial charge in [-0.3, -0.25) is 24.0 Å². The van der Waals surface area contributed by atoms with Gasteiger partial charge in [-0.15, -0.1) is 0 Å². The van der Waals surface area contributed by atoms with E-state index in [4.69, 9.17) is 24.7 Å². The zero-order chi connectivity index (χ0) is 52.4. The Bertz CT molecular complexity index is 2350. The zero-order valence-corrected chi connectivity index (χ0v) is 43.5. The molecule has 72 heavy (non-hydrogen) atoms. The lowest BCUT2D eigenvalue weighted by molar-refractivity contribution is -0.144. The number of hydrogen-bond donors (Lipinski definition) is 6. The predicted molar refractivity (Wildman–Crippen MR) is 274 cm³/mol. The van der Waals surface area contributed by atoms with Crippen molar-refractivity contribution in [2.24, 2.45) is 11.7 Å². The van der Waals surface area contributed by atoms with Gasteiger partial charge in [0, 0.05) is 43.9 Å². The van der Waals surface area contributed by atoms with Crippen LogP contribution in [0.4, 0.5) is 5.69 Å². The van der Waals surface area contributed by atoms with E-state index in [1.54, 1.807) is 42.5 Å². The first kappa shape index (κ1) is 57.8. The van der Waals surface area contributed by atoms with Gasteiger partial charge < -0.3 is 45.7 Å². The molecule has 0 saturated carbocycles. The van der Waals surface area contributed by atoms with Gasteiger partial charge in [0.2, 0.25) is 23.6 Å². The van der Waals surface area contributed by atoms with Gasteiger partial charge in [0.05, 0.1) is 54.6 Å². The van der Waals surface area contributed by atoms with Crippen LogP contribution in [-0.2, 0) is 65.8 Å². The van der Waals surface area contributed by atoms with Crippen LogP contribution in [0.15, 0.2) is 89.4 Å². The van der Waals surface area contributed by atoms with E-state index in [1.807, 2.05) is 46.8 Å². The van der Waals surface area contributed by atoms with Crippen molar-refractivity contribution in [1.29, 1.82) is 0 Å². The summed E-state index contributed by atoms with van der Waals surface area (Å²) in [5.74, 6) is -1.42. The van der Waals surface area contributed by atoms with Crippen LogP contribution >= 0.6 is 0 Å². The maximum Gasteiger partial charge on any atom is 0.264 e. The summed E-state index contributed by atoms with van der Waals surface area (Å²) in [5, 5.41) is 19.6. The molecule has 2 aromatic carbocycles. The fraction of sp³-hybridized carbons (Fsp3) is 0.574. The number of Topliss-reactive ketones (excluding diaryl/α,β-unsaturated/α-hetero) is 1. The Labute approximate surface area is 425 Å². The minimum atomic E-state index is -4.20. The van der Waals surface area contributed by atoms with E-state index in [2.05, 4.69) is 33.7 Å². The number of ether oxygens (including phenoxy) is 4. The summed E-state index contributed by atoms with van der Waals surface area (Å²) < 4.78 is 52.4. The van der Waals surface area contributed by atoms with Gasteiger partial charge in [-0.2, -0.15) is 0 Å². The molecule has 1 spiro atoms. The molecular formula is C54H77N5O12S. The van der Waals surface area contributed by atoms with Crippen LogP contribution in [0, 0.1) is 5.92 Å². The molecular weight excluding hydrogens is 943 g/mol. The van der Waals surface area contributed by atoms with Crippen molar-refractivity contribution in [3.8, 4) is 0 Å². The average molecular weight is 1020 g/mol. The molecule has 0 bridgehead atoms. The van der Waals surface area contributed by atoms with Crippen molar-refractivity contribution in [3.63, 3.8) is 0 Å². The Morgan fingerprint density at radius 2 is 1.65 bits per heavy atom. The monoisotopic (exact) mass is 1020 g/mol. The summed E-state index contributed by atoms with van der Waals surface area (Å²) in [4.78, 5) is 63.2. The van der Waals surface area contributed by atoms with Gasteiger partial charge in [0.15, 0.2) is 0 Å². The number of nitrogens with one attached hydrogen (secondary N) is 4. The van der Waals surface area contributed by atoms with Gasteiger partial charge in [0.25, 0.3) is 10.0 Å². The number of carbonyl (C=O) groups excluding carboxylic acids is 5. The van der Waals surface area contributed by atoms with Gasteiger partial charge >= 0.3 is 0 Å². The largest absolute Gasteiger partial charge is 0.387 e. The van der Waals surface area contributed by atoms with Crippen molar-refractivity contribution >= 4 is 45.1 Å². The van der Waals surface area contributed by atoms with Crippen LogP contribution < -0.4 is 26.4 Å². The molecule has 17 nitrogen and oxygen atoms in total. The SMILES string of the molecule is CC(/C=C/[C@H]1O[C@H](CC(=O)CCc2ccc(S(=O)(=O)NC(=O)CCc3ccccc3NC(=O)CNC(=O)CCCCCN)cc2)C[C@@]2(CO2)[C@@H]1O)=C\C[C@@H]1O[C@H](C)[C@H](NC(=O)/C=C\[C@H](C)OC(C)C)C[C@@H]1C. The number of epoxide rings is 1. The van der Waals surface area contributed by atoms with Crippen molar-refractivity contribution in [2.45, 2.75) is 178 Å². The second-order valence-corrected chi connectivity index (χ2v) is 21.4. The minimum Gasteiger partial charge on any atom is -0.387 e. The van der Waals surface area contributed by atoms with Gasteiger partial charge in [-0.05, 0) is 115 Å². The third-order valence-electron chi connectivity index (χ3n) is 13.2. The number of aliphatic hydroxyl groups excluding tert-OH is 1. The normalized spacial score (nSPS) is 24.8. The molecule has 2 aromatic rings. The quantitative estimate of drug-likeness (QED) is 0.0283. The molecule has 3 heterocycles. The first-order valence-corrected chi connectivity index (χ1v) is 26.9. The smallest absolute Gasteiger partial charge is 0.264 e. The molecule has 5 rings (SSSR count). The lowest BCUT2D eigenvalue weighted by atomic mass is 9.86. The molecule has 396 valence electrons. The molecule has 3 aliphatic heterocycles. The van der Waals surface area contributed by atoms with Crippen LogP contribution in [0.25, 0.3) is 0 Å². The molecule has 9 atom stereocenters. The molecule has 0 radical (unpaired) electrons. The Kier molecular flexibility index (Phi) is 22.3. The Morgan fingerprint density at radius 3 is 2.36 bits per heavy atom. The van der Waals surface area contributed by atoms with E-state index >= 15 is 0 Å². The van der Waals surface area contributed by atoms with Crippen LogP contribution in [0.3, 0.4) is 0 Å². The number of allylic oxidation sites excluding steroid dienone is 2. The highest BCUT2D eigenvalue weighted by atomic mass is 32.2. The van der Waals surface area contributed by atoms with Crippen molar-refractivity contribution in [3.05, 3.63) is 95.6 Å². The lowest BCUT2D eigenvalue weighted by Crippen LogP contribution is -2.50. The van der Waals surface area contributed by atoms with Crippen molar-refractivity contribution in [1.82, 2.24) is 15.4 Å². The van der Waals surface area contributed by atoms with E-state index in [-0.39, 0.29) is 91.1 Å². The summed E-state index contributed by atoms with van der Waals surface area (Å²) in [6.45, 7) is 12.6. The first-order chi connectivity index (χ1) is 34.2. The topological polar surface area (TPSA) is 254 Å². The zero-order valence-electron chi connectivity index (χ0n) is 42.7. The Morgan fingerprint density at radius 1 is 0.917 bits per heavy atom. The third-order valence-corrected chi connectivity index (χ3v) is 14.5. The number of benzene rings is 2. The molecule has 3 saturated heterocycles. The van der Waals surface area contributed by atoms with E-state index in [0.29, 0.717) is 56.5 Å². The molecule has 4 amide bonds. The van der Waals surface area contributed by atoms with Crippen molar-refractivity contribution in [2.75, 3.05) is 25.0 Å². The third kappa shape index (κ3) is 18.8. The number of carbonyl (C=O) groups is 5. The predicted octanol–water partition coefficient (Wildman–Crippen LogP) is 5.44. The van der Waals surface area contributed by atoms with E-state index in [9.17, 15) is 37.5 Å². The van der Waals surface area contributed by atoms with Crippen LogP contribution in [0.2, 0.25) is 0 Å². The molecule has 18 heteroatoms.